The highest BCUT2D eigenvalue weighted by molar-refractivity contribution is 5.83. The Bertz CT molecular complexity index is 604. The Kier molecular flexibility index (Phi) is 4.20. The van der Waals surface area contributed by atoms with Gasteiger partial charge in [-0.15, -0.1) is 0 Å². The molecule has 21 heavy (non-hydrogen) atoms. The van der Waals surface area contributed by atoms with Crippen LogP contribution in [0.3, 0.4) is 0 Å². The number of furan rings is 1. The molecule has 2 aromatic rings. The molecular formula is C18H25NO2. The van der Waals surface area contributed by atoms with E-state index in [1.807, 2.05) is 12.1 Å². The quantitative estimate of drug-likeness (QED) is 0.887. The number of nitrogens with one attached hydrogen (secondary N) is 1. The Hall–Kier alpha value is -1.48. The van der Waals surface area contributed by atoms with Crippen LogP contribution in [0.2, 0.25) is 0 Å². The fourth-order valence-corrected chi connectivity index (χ4v) is 3.68. The first-order chi connectivity index (χ1) is 10.2. The number of ether oxygens (including phenoxy) is 1. The van der Waals surface area contributed by atoms with Crippen molar-refractivity contribution in [2.24, 2.45) is 11.8 Å². The van der Waals surface area contributed by atoms with Crippen molar-refractivity contribution in [3.63, 3.8) is 0 Å². The molecule has 0 saturated heterocycles. The molecule has 1 fully saturated rings. The van der Waals surface area contributed by atoms with Gasteiger partial charge in [-0.2, -0.15) is 0 Å². The summed E-state index contributed by atoms with van der Waals surface area (Å²) in [5.41, 5.74) is 0.850. The van der Waals surface area contributed by atoms with Crippen molar-refractivity contribution in [2.45, 2.75) is 45.7 Å². The molecule has 0 bridgehead atoms. The molecular weight excluding hydrogens is 262 g/mol. The van der Waals surface area contributed by atoms with Gasteiger partial charge in [-0.05, 0) is 36.8 Å². The number of hydrogen-bond acceptors (Lipinski definition) is 3. The van der Waals surface area contributed by atoms with Crippen LogP contribution < -0.4 is 10.1 Å². The van der Waals surface area contributed by atoms with E-state index in [2.05, 4.69) is 31.3 Å². The number of hydrogen-bond donors (Lipinski definition) is 1. The summed E-state index contributed by atoms with van der Waals surface area (Å²) in [5.74, 6) is 3.42. The highest BCUT2D eigenvalue weighted by Crippen LogP contribution is 2.34. The predicted octanol–water partition coefficient (Wildman–Crippen LogP) is 4.36. The normalized spacial score (nSPS) is 25.6. The lowest BCUT2D eigenvalue weighted by Gasteiger charge is -2.20. The van der Waals surface area contributed by atoms with Crippen LogP contribution >= 0.6 is 0 Å². The third-order valence-corrected chi connectivity index (χ3v) is 5.07. The molecule has 0 spiro atoms. The van der Waals surface area contributed by atoms with Gasteiger partial charge in [0.25, 0.3) is 0 Å². The van der Waals surface area contributed by atoms with Crippen molar-refractivity contribution in [3.8, 4) is 5.75 Å². The van der Waals surface area contributed by atoms with Gasteiger partial charge in [0.1, 0.15) is 5.76 Å². The molecule has 0 radical (unpaired) electrons. The second-order valence-electron chi connectivity index (χ2n) is 6.18. The summed E-state index contributed by atoms with van der Waals surface area (Å²) in [6, 6.07) is 8.73. The smallest absolute Gasteiger partial charge is 0.176 e. The fourth-order valence-electron chi connectivity index (χ4n) is 3.68. The fraction of sp³-hybridized carbons (Fsp3) is 0.556. The summed E-state index contributed by atoms with van der Waals surface area (Å²) >= 11 is 0. The van der Waals surface area contributed by atoms with Crippen molar-refractivity contribution in [3.05, 3.63) is 30.0 Å². The zero-order valence-corrected chi connectivity index (χ0v) is 13.2. The lowest BCUT2D eigenvalue weighted by Crippen LogP contribution is -2.32. The summed E-state index contributed by atoms with van der Waals surface area (Å²) in [6.07, 6.45) is 3.92. The Labute approximate surface area is 126 Å². The molecule has 0 amide bonds. The van der Waals surface area contributed by atoms with E-state index in [-0.39, 0.29) is 0 Å². The minimum atomic E-state index is 0.616. The largest absolute Gasteiger partial charge is 0.493 e. The summed E-state index contributed by atoms with van der Waals surface area (Å²) in [7, 11) is 1.68. The van der Waals surface area contributed by atoms with Crippen LogP contribution in [0.4, 0.5) is 0 Å². The summed E-state index contributed by atoms with van der Waals surface area (Å²) in [6.45, 7) is 5.47. The van der Waals surface area contributed by atoms with E-state index >= 15 is 0 Å². The van der Waals surface area contributed by atoms with Crippen molar-refractivity contribution >= 4 is 11.0 Å². The van der Waals surface area contributed by atoms with E-state index in [4.69, 9.17) is 9.15 Å². The third-order valence-electron chi connectivity index (χ3n) is 5.07. The summed E-state index contributed by atoms with van der Waals surface area (Å²) in [5, 5.41) is 4.78. The molecule has 1 aliphatic carbocycles. The van der Waals surface area contributed by atoms with E-state index in [1.165, 1.54) is 19.3 Å². The molecule has 1 heterocycles. The lowest BCUT2D eigenvalue weighted by atomic mass is 9.93. The lowest BCUT2D eigenvalue weighted by molar-refractivity contribution is 0.336. The van der Waals surface area contributed by atoms with E-state index in [9.17, 15) is 0 Å². The Morgan fingerprint density at radius 2 is 2.19 bits per heavy atom. The highest BCUT2D eigenvalue weighted by Gasteiger charge is 2.31. The number of fused-ring (bicyclic) bond motifs is 1. The minimum absolute atomic E-state index is 0.616. The first-order valence-corrected chi connectivity index (χ1v) is 8.01. The van der Waals surface area contributed by atoms with Crippen molar-refractivity contribution in [2.75, 3.05) is 7.11 Å². The molecule has 1 aliphatic rings. The number of rotatable bonds is 5. The van der Waals surface area contributed by atoms with E-state index < -0.39 is 0 Å². The second kappa shape index (κ2) is 6.10. The van der Waals surface area contributed by atoms with Gasteiger partial charge in [-0.3, -0.25) is 0 Å². The minimum Gasteiger partial charge on any atom is -0.493 e. The van der Waals surface area contributed by atoms with Crippen molar-refractivity contribution < 1.29 is 9.15 Å². The van der Waals surface area contributed by atoms with E-state index in [0.29, 0.717) is 6.04 Å². The van der Waals surface area contributed by atoms with Crippen LogP contribution in [-0.4, -0.2) is 13.2 Å². The van der Waals surface area contributed by atoms with Crippen LogP contribution in [0.1, 0.15) is 38.9 Å². The topological polar surface area (TPSA) is 34.4 Å². The SMILES string of the molecule is CCC1CCC(NCc2cc3cccc(OC)c3o2)C1C. The molecule has 3 rings (SSSR count). The molecule has 1 aromatic carbocycles. The third kappa shape index (κ3) is 2.80. The maximum atomic E-state index is 5.95. The standard InChI is InChI=1S/C18H25NO2/c1-4-13-8-9-16(12(13)2)19-11-15-10-14-6-5-7-17(20-3)18(14)21-15/h5-7,10,12-13,16,19H,4,8-9,11H2,1-3H3. The van der Waals surface area contributed by atoms with Gasteiger partial charge in [0.15, 0.2) is 11.3 Å². The molecule has 3 heteroatoms. The van der Waals surface area contributed by atoms with Gasteiger partial charge in [0.2, 0.25) is 0 Å². The molecule has 3 unspecified atom stereocenters. The molecule has 3 atom stereocenters. The maximum Gasteiger partial charge on any atom is 0.176 e. The van der Waals surface area contributed by atoms with E-state index in [1.54, 1.807) is 7.11 Å². The van der Waals surface area contributed by atoms with Crippen LogP contribution in [0, 0.1) is 11.8 Å². The Morgan fingerprint density at radius 1 is 1.33 bits per heavy atom. The zero-order chi connectivity index (χ0) is 14.8. The Balaban J connectivity index is 1.69. The van der Waals surface area contributed by atoms with Gasteiger partial charge < -0.3 is 14.5 Å². The van der Waals surface area contributed by atoms with E-state index in [0.717, 1.165) is 40.9 Å². The van der Waals surface area contributed by atoms with Crippen LogP contribution in [0.15, 0.2) is 28.7 Å². The maximum absolute atomic E-state index is 5.95. The molecule has 1 N–H and O–H groups in total. The van der Waals surface area contributed by atoms with Crippen LogP contribution in [0.5, 0.6) is 5.75 Å². The van der Waals surface area contributed by atoms with Crippen LogP contribution in [-0.2, 0) is 6.54 Å². The summed E-state index contributed by atoms with van der Waals surface area (Å²) < 4.78 is 11.3. The average molecular weight is 287 g/mol. The summed E-state index contributed by atoms with van der Waals surface area (Å²) in [4.78, 5) is 0. The first kappa shape index (κ1) is 14.5. The monoisotopic (exact) mass is 287 g/mol. The van der Waals surface area contributed by atoms with Crippen molar-refractivity contribution in [1.82, 2.24) is 5.32 Å². The average Bonchev–Trinajstić information content (AvgIpc) is 3.07. The predicted molar refractivity (Wildman–Crippen MR) is 85.6 cm³/mol. The number of methoxy groups -OCH3 is 1. The number of para-hydroxylation sites is 1. The van der Waals surface area contributed by atoms with Gasteiger partial charge in [0, 0.05) is 11.4 Å². The molecule has 1 aromatic heterocycles. The molecule has 114 valence electrons. The zero-order valence-electron chi connectivity index (χ0n) is 13.2. The van der Waals surface area contributed by atoms with Gasteiger partial charge in [-0.1, -0.05) is 32.4 Å². The molecule has 1 saturated carbocycles. The second-order valence-corrected chi connectivity index (χ2v) is 6.18. The molecule has 0 aliphatic heterocycles. The first-order valence-electron chi connectivity index (χ1n) is 8.01. The molecule has 3 nitrogen and oxygen atoms in total. The number of benzene rings is 1. The van der Waals surface area contributed by atoms with Crippen molar-refractivity contribution in [1.29, 1.82) is 0 Å². The highest BCUT2D eigenvalue weighted by atomic mass is 16.5. The van der Waals surface area contributed by atoms with Gasteiger partial charge in [0.05, 0.1) is 13.7 Å². The van der Waals surface area contributed by atoms with Crippen LogP contribution in [0.25, 0.3) is 11.0 Å². The van der Waals surface area contributed by atoms with Gasteiger partial charge in [-0.25, -0.2) is 0 Å². The van der Waals surface area contributed by atoms with Gasteiger partial charge >= 0.3 is 0 Å². The Morgan fingerprint density at radius 3 is 2.90 bits per heavy atom.